The highest BCUT2D eigenvalue weighted by atomic mass is 16.7. The molecule has 3 nitrogen and oxygen atoms in total. The summed E-state index contributed by atoms with van der Waals surface area (Å²) in [7, 11) is 1.62. The molecule has 0 bridgehead atoms. The van der Waals surface area contributed by atoms with Crippen LogP contribution in [0.3, 0.4) is 0 Å². The molecule has 0 atom stereocenters. The molecule has 1 heterocycles. The van der Waals surface area contributed by atoms with Crippen molar-refractivity contribution in [1.82, 2.24) is 4.98 Å². The van der Waals surface area contributed by atoms with Crippen LogP contribution in [-0.4, -0.2) is 18.9 Å². The van der Waals surface area contributed by atoms with Gasteiger partial charge in [-0.3, -0.25) is 0 Å². The van der Waals surface area contributed by atoms with Crippen LogP contribution in [0.5, 0.6) is 5.75 Å². The summed E-state index contributed by atoms with van der Waals surface area (Å²) in [6.07, 6.45) is 0. The smallest absolute Gasteiger partial charge is 0.188 e. The van der Waals surface area contributed by atoms with E-state index in [0.717, 1.165) is 11.3 Å². The predicted octanol–water partition coefficient (Wildman–Crippen LogP) is 2.77. The zero-order valence-electron chi connectivity index (χ0n) is 9.26. The highest BCUT2D eigenvalue weighted by Gasteiger charge is 2.08. The van der Waals surface area contributed by atoms with Gasteiger partial charge in [-0.25, -0.2) is 0 Å². The van der Waals surface area contributed by atoms with E-state index in [4.69, 9.17) is 9.47 Å². The van der Waals surface area contributed by atoms with Gasteiger partial charge in [0.05, 0.1) is 5.52 Å². The molecule has 0 saturated heterocycles. The first kappa shape index (κ1) is 10.1. The van der Waals surface area contributed by atoms with Gasteiger partial charge in [0.1, 0.15) is 5.75 Å². The molecule has 0 spiro atoms. The molecule has 1 aromatic carbocycles. The van der Waals surface area contributed by atoms with E-state index in [2.05, 4.69) is 24.9 Å². The van der Waals surface area contributed by atoms with Crippen molar-refractivity contribution in [3.63, 3.8) is 0 Å². The van der Waals surface area contributed by atoms with Crippen molar-refractivity contribution in [3.05, 3.63) is 29.5 Å². The summed E-state index contributed by atoms with van der Waals surface area (Å²) in [6, 6.07) is 6.03. The van der Waals surface area contributed by atoms with Gasteiger partial charge in [0.25, 0.3) is 0 Å². The second-order valence-corrected chi connectivity index (χ2v) is 3.60. The molecule has 15 heavy (non-hydrogen) atoms. The molecule has 2 rings (SSSR count). The molecule has 3 heteroatoms. The number of hydrogen-bond donors (Lipinski definition) is 1. The fourth-order valence-electron chi connectivity index (χ4n) is 1.70. The minimum atomic E-state index is 0.274. The van der Waals surface area contributed by atoms with E-state index in [1.54, 1.807) is 7.11 Å². The molecule has 0 fully saturated rings. The van der Waals surface area contributed by atoms with E-state index in [1.165, 1.54) is 16.6 Å². The minimum absolute atomic E-state index is 0.274. The van der Waals surface area contributed by atoms with Crippen LogP contribution in [0.1, 0.15) is 11.3 Å². The molecule has 2 aromatic rings. The Hall–Kier alpha value is -1.48. The van der Waals surface area contributed by atoms with Crippen LogP contribution < -0.4 is 4.74 Å². The van der Waals surface area contributed by atoms with E-state index < -0.39 is 0 Å². The lowest BCUT2D eigenvalue weighted by Crippen LogP contribution is -1.99. The Morgan fingerprint density at radius 3 is 2.80 bits per heavy atom. The molecule has 0 aliphatic carbocycles. The van der Waals surface area contributed by atoms with E-state index in [9.17, 15) is 0 Å². The molecule has 0 aliphatic rings. The third-order valence-electron chi connectivity index (χ3n) is 2.64. The van der Waals surface area contributed by atoms with Gasteiger partial charge in [-0.05, 0) is 25.5 Å². The van der Waals surface area contributed by atoms with Gasteiger partial charge in [-0.15, -0.1) is 0 Å². The average Bonchev–Trinajstić information content (AvgIpc) is 2.53. The van der Waals surface area contributed by atoms with Crippen LogP contribution in [-0.2, 0) is 4.74 Å². The summed E-state index contributed by atoms with van der Waals surface area (Å²) in [5.74, 6) is 0.838. The Morgan fingerprint density at radius 2 is 2.07 bits per heavy atom. The molecule has 0 amide bonds. The quantitative estimate of drug-likeness (QED) is 0.782. The highest BCUT2D eigenvalue weighted by molar-refractivity contribution is 5.89. The number of nitrogens with one attached hydrogen (secondary N) is 1. The first-order valence-corrected chi connectivity index (χ1v) is 4.93. The lowest BCUT2D eigenvalue weighted by molar-refractivity contribution is 0.0521. The first-order valence-electron chi connectivity index (χ1n) is 4.93. The van der Waals surface area contributed by atoms with Gasteiger partial charge in [0, 0.05) is 18.2 Å². The zero-order valence-corrected chi connectivity index (χ0v) is 9.26. The van der Waals surface area contributed by atoms with Crippen molar-refractivity contribution in [1.29, 1.82) is 0 Å². The Kier molecular flexibility index (Phi) is 2.64. The lowest BCUT2D eigenvalue weighted by atomic mass is 10.1. The van der Waals surface area contributed by atoms with Crippen LogP contribution in [0.2, 0.25) is 0 Å². The topological polar surface area (TPSA) is 34.2 Å². The zero-order chi connectivity index (χ0) is 10.8. The second kappa shape index (κ2) is 3.95. The Bertz CT molecular complexity index is 474. The number of methoxy groups -OCH3 is 1. The first-order chi connectivity index (χ1) is 7.24. The Balaban J connectivity index is 2.51. The molecule has 80 valence electrons. The van der Waals surface area contributed by atoms with Crippen molar-refractivity contribution in [2.24, 2.45) is 0 Å². The summed E-state index contributed by atoms with van der Waals surface area (Å²) in [4.78, 5) is 3.32. The SMILES string of the molecule is COCOc1cccc2c(C)c(C)[nH]c12. The molecule has 1 aromatic heterocycles. The molecule has 0 radical (unpaired) electrons. The number of aromatic amines is 1. The third-order valence-corrected chi connectivity index (χ3v) is 2.64. The van der Waals surface area contributed by atoms with Gasteiger partial charge in [-0.1, -0.05) is 12.1 Å². The van der Waals surface area contributed by atoms with Gasteiger partial charge in [0.2, 0.25) is 0 Å². The maximum Gasteiger partial charge on any atom is 0.188 e. The Labute approximate surface area is 89.0 Å². The highest BCUT2D eigenvalue weighted by Crippen LogP contribution is 2.28. The second-order valence-electron chi connectivity index (χ2n) is 3.60. The Morgan fingerprint density at radius 1 is 1.27 bits per heavy atom. The fourth-order valence-corrected chi connectivity index (χ4v) is 1.70. The van der Waals surface area contributed by atoms with Crippen LogP contribution >= 0.6 is 0 Å². The minimum Gasteiger partial charge on any atom is -0.465 e. The number of H-pyrrole nitrogens is 1. The van der Waals surface area contributed by atoms with Crippen molar-refractivity contribution in [3.8, 4) is 5.75 Å². The van der Waals surface area contributed by atoms with Crippen molar-refractivity contribution in [2.45, 2.75) is 13.8 Å². The number of para-hydroxylation sites is 1. The van der Waals surface area contributed by atoms with Crippen LogP contribution in [0.25, 0.3) is 10.9 Å². The van der Waals surface area contributed by atoms with Crippen LogP contribution in [0.4, 0.5) is 0 Å². The van der Waals surface area contributed by atoms with E-state index in [1.807, 2.05) is 12.1 Å². The number of hydrogen-bond acceptors (Lipinski definition) is 2. The van der Waals surface area contributed by atoms with Crippen LogP contribution in [0, 0.1) is 13.8 Å². The monoisotopic (exact) mass is 205 g/mol. The van der Waals surface area contributed by atoms with E-state index in [-0.39, 0.29) is 6.79 Å². The summed E-state index contributed by atoms with van der Waals surface area (Å²) >= 11 is 0. The molecular weight excluding hydrogens is 190 g/mol. The molecule has 1 N–H and O–H groups in total. The molecule has 0 unspecified atom stereocenters. The number of aryl methyl sites for hydroxylation is 2. The van der Waals surface area contributed by atoms with E-state index in [0.29, 0.717) is 0 Å². The average molecular weight is 205 g/mol. The van der Waals surface area contributed by atoms with Crippen molar-refractivity contribution >= 4 is 10.9 Å². The summed E-state index contributed by atoms with van der Waals surface area (Å²) < 4.78 is 10.4. The maximum absolute atomic E-state index is 5.48. The molecule has 0 aliphatic heterocycles. The predicted molar refractivity (Wildman–Crippen MR) is 60.3 cm³/mol. The maximum atomic E-state index is 5.48. The summed E-state index contributed by atoms with van der Waals surface area (Å²) in [5, 5.41) is 1.21. The fraction of sp³-hybridized carbons (Fsp3) is 0.333. The number of ether oxygens (including phenoxy) is 2. The van der Waals surface area contributed by atoms with E-state index >= 15 is 0 Å². The molecular formula is C12H15NO2. The lowest BCUT2D eigenvalue weighted by Gasteiger charge is -2.05. The van der Waals surface area contributed by atoms with Gasteiger partial charge in [0.15, 0.2) is 6.79 Å². The number of fused-ring (bicyclic) bond motifs is 1. The van der Waals surface area contributed by atoms with Crippen LogP contribution in [0.15, 0.2) is 18.2 Å². The normalized spacial score (nSPS) is 10.9. The largest absolute Gasteiger partial charge is 0.465 e. The van der Waals surface area contributed by atoms with Gasteiger partial charge >= 0.3 is 0 Å². The number of rotatable bonds is 3. The standard InChI is InChI=1S/C12H15NO2/c1-8-9(2)13-12-10(8)5-4-6-11(12)15-7-14-3/h4-6,13H,7H2,1-3H3. The third kappa shape index (κ3) is 1.70. The summed E-state index contributed by atoms with van der Waals surface area (Å²) in [6.45, 7) is 4.44. The number of benzene rings is 1. The van der Waals surface area contributed by atoms with Crippen molar-refractivity contribution in [2.75, 3.05) is 13.9 Å². The number of aromatic nitrogens is 1. The molecule has 0 saturated carbocycles. The van der Waals surface area contributed by atoms with Gasteiger partial charge in [-0.2, -0.15) is 0 Å². The van der Waals surface area contributed by atoms with Crippen molar-refractivity contribution < 1.29 is 9.47 Å². The summed E-state index contributed by atoms with van der Waals surface area (Å²) in [5.41, 5.74) is 3.50. The van der Waals surface area contributed by atoms with Gasteiger partial charge < -0.3 is 14.5 Å².